The molecule has 0 saturated heterocycles. The van der Waals surface area contributed by atoms with Crippen molar-refractivity contribution in [3.63, 3.8) is 0 Å². The van der Waals surface area contributed by atoms with E-state index in [4.69, 9.17) is 11.6 Å². The van der Waals surface area contributed by atoms with Gasteiger partial charge in [0.15, 0.2) is 0 Å². The Morgan fingerprint density at radius 1 is 1.54 bits per heavy atom. The Kier molecular flexibility index (Phi) is 2.33. The van der Waals surface area contributed by atoms with Crippen LogP contribution in [0.5, 0.6) is 0 Å². The lowest BCUT2D eigenvalue weighted by molar-refractivity contribution is 1.07. The van der Waals surface area contributed by atoms with Crippen LogP contribution in [0.1, 0.15) is 5.82 Å². The topological polar surface area (TPSA) is 37.8 Å². The number of hydrogen-bond acceptors (Lipinski definition) is 4. The highest BCUT2D eigenvalue weighted by molar-refractivity contribution is 7.17. The molecule has 1 N–H and O–H groups in total. The zero-order chi connectivity index (χ0) is 9.26. The van der Waals surface area contributed by atoms with Crippen LogP contribution in [0.15, 0.2) is 11.4 Å². The second-order valence-corrected chi connectivity index (χ2v) is 3.69. The second-order valence-electron chi connectivity index (χ2n) is 2.51. The summed E-state index contributed by atoms with van der Waals surface area (Å²) >= 11 is 7.30. The highest BCUT2D eigenvalue weighted by Crippen LogP contribution is 2.25. The van der Waals surface area contributed by atoms with Gasteiger partial charge in [-0.25, -0.2) is 9.97 Å². The summed E-state index contributed by atoms with van der Waals surface area (Å²) < 4.78 is 1.08. The highest BCUT2D eigenvalue weighted by atomic mass is 35.5. The van der Waals surface area contributed by atoms with E-state index in [1.54, 1.807) is 11.3 Å². The maximum Gasteiger partial charge on any atom is 0.147 e. The lowest BCUT2D eigenvalue weighted by Crippen LogP contribution is -1.98. The largest absolute Gasteiger partial charge is 0.372 e. The molecular weight excluding hydrogens is 206 g/mol. The molecule has 0 aliphatic heterocycles. The Bertz CT molecular complexity index is 426. The first-order valence-electron chi connectivity index (χ1n) is 3.83. The molecule has 0 radical (unpaired) electrons. The molecular formula is C8H8ClN3S. The molecule has 0 amide bonds. The van der Waals surface area contributed by atoms with Crippen molar-refractivity contribution < 1.29 is 0 Å². The van der Waals surface area contributed by atoms with Gasteiger partial charge in [-0.3, -0.25) is 0 Å². The molecule has 2 heterocycles. The Morgan fingerprint density at radius 3 is 3.08 bits per heavy atom. The van der Waals surface area contributed by atoms with Crippen LogP contribution in [0.2, 0.25) is 0 Å². The number of nitrogens with one attached hydrogen (secondary N) is 1. The van der Waals surface area contributed by atoms with Crippen LogP contribution < -0.4 is 5.32 Å². The van der Waals surface area contributed by atoms with Crippen molar-refractivity contribution in [1.82, 2.24) is 9.97 Å². The van der Waals surface area contributed by atoms with Crippen molar-refractivity contribution in [2.75, 3.05) is 12.4 Å². The molecule has 0 bridgehead atoms. The van der Waals surface area contributed by atoms with Crippen LogP contribution in [0.4, 0.5) is 5.82 Å². The van der Waals surface area contributed by atoms with Crippen LogP contribution in [0, 0.1) is 0 Å². The molecule has 13 heavy (non-hydrogen) atoms. The van der Waals surface area contributed by atoms with Gasteiger partial charge in [-0.15, -0.1) is 22.9 Å². The Morgan fingerprint density at radius 2 is 2.38 bits per heavy atom. The number of rotatable bonds is 2. The number of aromatic nitrogens is 2. The Balaban J connectivity index is 2.70. The lowest BCUT2D eigenvalue weighted by Gasteiger charge is -2.02. The van der Waals surface area contributed by atoms with E-state index in [-0.39, 0.29) is 0 Å². The summed E-state index contributed by atoms with van der Waals surface area (Å²) in [6.45, 7) is 0. The van der Waals surface area contributed by atoms with Gasteiger partial charge in [0.2, 0.25) is 0 Å². The minimum atomic E-state index is 0.348. The number of nitrogens with zero attached hydrogens (tertiary/aromatic N) is 2. The average molecular weight is 214 g/mol. The van der Waals surface area contributed by atoms with Gasteiger partial charge in [0.05, 0.1) is 16.1 Å². The third-order valence-corrected chi connectivity index (χ3v) is 2.86. The van der Waals surface area contributed by atoms with Crippen LogP contribution in [-0.2, 0) is 5.88 Å². The van der Waals surface area contributed by atoms with Crippen LogP contribution in [0.25, 0.3) is 10.2 Å². The number of hydrogen-bond donors (Lipinski definition) is 1. The van der Waals surface area contributed by atoms with E-state index in [0.29, 0.717) is 11.7 Å². The summed E-state index contributed by atoms with van der Waals surface area (Å²) in [5.74, 6) is 1.87. The maximum absolute atomic E-state index is 5.67. The first-order valence-corrected chi connectivity index (χ1v) is 5.24. The predicted octanol–water partition coefficient (Wildman–Crippen LogP) is 2.47. The van der Waals surface area contributed by atoms with Crippen molar-refractivity contribution >= 4 is 39.0 Å². The van der Waals surface area contributed by atoms with E-state index in [1.807, 2.05) is 18.5 Å². The van der Waals surface area contributed by atoms with E-state index < -0.39 is 0 Å². The first kappa shape index (κ1) is 8.72. The number of halogens is 1. The lowest BCUT2D eigenvalue weighted by atomic mass is 10.4. The van der Waals surface area contributed by atoms with E-state index in [0.717, 1.165) is 16.0 Å². The van der Waals surface area contributed by atoms with Gasteiger partial charge in [-0.05, 0) is 11.4 Å². The van der Waals surface area contributed by atoms with E-state index in [2.05, 4.69) is 15.3 Å². The van der Waals surface area contributed by atoms with Gasteiger partial charge < -0.3 is 5.32 Å². The summed E-state index contributed by atoms with van der Waals surface area (Å²) in [7, 11) is 1.85. The van der Waals surface area contributed by atoms with Gasteiger partial charge >= 0.3 is 0 Å². The summed E-state index contributed by atoms with van der Waals surface area (Å²) in [5, 5.41) is 5.03. The van der Waals surface area contributed by atoms with Crippen molar-refractivity contribution in [2.24, 2.45) is 0 Å². The number of anilines is 1. The molecule has 0 saturated carbocycles. The van der Waals surface area contributed by atoms with Gasteiger partial charge in [0, 0.05) is 7.05 Å². The molecule has 0 unspecified atom stereocenters. The van der Waals surface area contributed by atoms with E-state index in [1.165, 1.54) is 0 Å². The first-order chi connectivity index (χ1) is 6.35. The third kappa shape index (κ3) is 1.47. The quantitative estimate of drug-likeness (QED) is 0.779. The van der Waals surface area contributed by atoms with E-state index >= 15 is 0 Å². The minimum absolute atomic E-state index is 0.348. The zero-order valence-electron chi connectivity index (χ0n) is 7.04. The molecule has 2 rings (SSSR count). The highest BCUT2D eigenvalue weighted by Gasteiger charge is 2.06. The SMILES string of the molecule is CNc1nc(CCl)nc2ccsc12. The van der Waals surface area contributed by atoms with Crippen molar-refractivity contribution in [2.45, 2.75) is 5.88 Å². The third-order valence-electron chi connectivity index (χ3n) is 1.71. The number of alkyl halides is 1. The summed E-state index contributed by atoms with van der Waals surface area (Å²) in [6.07, 6.45) is 0. The zero-order valence-corrected chi connectivity index (χ0v) is 8.61. The molecule has 0 fully saturated rings. The Hall–Kier alpha value is -0.870. The molecule has 2 aromatic rings. The summed E-state index contributed by atoms with van der Waals surface area (Å²) in [4.78, 5) is 8.56. The van der Waals surface area contributed by atoms with Crippen molar-refractivity contribution in [1.29, 1.82) is 0 Å². The summed E-state index contributed by atoms with van der Waals surface area (Å²) in [6, 6.07) is 1.97. The fraction of sp³-hybridized carbons (Fsp3) is 0.250. The van der Waals surface area contributed by atoms with Gasteiger partial charge in [-0.2, -0.15) is 0 Å². The fourth-order valence-corrected chi connectivity index (χ4v) is 2.09. The molecule has 0 aliphatic carbocycles. The van der Waals surface area contributed by atoms with Crippen molar-refractivity contribution in [3.05, 3.63) is 17.3 Å². The van der Waals surface area contributed by atoms with Gasteiger partial charge in [-0.1, -0.05) is 0 Å². The molecule has 5 heteroatoms. The van der Waals surface area contributed by atoms with Gasteiger partial charge in [0.1, 0.15) is 11.6 Å². The fourth-order valence-electron chi connectivity index (χ4n) is 1.14. The number of fused-ring (bicyclic) bond motifs is 1. The molecule has 0 atom stereocenters. The number of thiophene rings is 1. The second kappa shape index (κ2) is 3.47. The van der Waals surface area contributed by atoms with Gasteiger partial charge in [0.25, 0.3) is 0 Å². The van der Waals surface area contributed by atoms with Crippen LogP contribution in [0.3, 0.4) is 0 Å². The summed E-state index contributed by atoms with van der Waals surface area (Å²) in [5.41, 5.74) is 0.958. The molecule has 0 aromatic carbocycles. The smallest absolute Gasteiger partial charge is 0.147 e. The Labute approximate surface area is 84.8 Å². The van der Waals surface area contributed by atoms with Crippen LogP contribution >= 0.6 is 22.9 Å². The van der Waals surface area contributed by atoms with E-state index in [9.17, 15) is 0 Å². The predicted molar refractivity (Wildman–Crippen MR) is 56.5 cm³/mol. The normalized spacial score (nSPS) is 10.6. The molecule has 0 spiro atoms. The molecule has 3 nitrogen and oxygen atoms in total. The molecule has 0 aliphatic rings. The minimum Gasteiger partial charge on any atom is -0.372 e. The average Bonchev–Trinajstić information content (AvgIpc) is 2.63. The maximum atomic E-state index is 5.67. The molecule has 2 aromatic heterocycles. The van der Waals surface area contributed by atoms with Crippen molar-refractivity contribution in [3.8, 4) is 0 Å². The monoisotopic (exact) mass is 213 g/mol. The standard InChI is InChI=1S/C8H8ClN3S/c1-10-8-7-5(2-3-13-7)11-6(4-9)12-8/h2-3H,4H2,1H3,(H,10,11,12). The molecule has 68 valence electrons. The van der Waals surface area contributed by atoms with Crippen LogP contribution in [-0.4, -0.2) is 17.0 Å².